The first kappa shape index (κ1) is 17.0. The Bertz CT molecular complexity index is 696. The van der Waals surface area contributed by atoms with Gasteiger partial charge in [-0.3, -0.25) is 5.43 Å². The normalized spacial score (nSPS) is 10.6. The van der Waals surface area contributed by atoms with Crippen LogP contribution in [-0.2, 0) is 6.54 Å². The van der Waals surface area contributed by atoms with Crippen LogP contribution in [0.25, 0.3) is 0 Å². The van der Waals surface area contributed by atoms with Crippen molar-refractivity contribution in [2.24, 2.45) is 5.10 Å². The number of ether oxygens (including phenoxy) is 1. The zero-order valence-electron chi connectivity index (χ0n) is 13.6. The third kappa shape index (κ3) is 5.38. The first-order chi connectivity index (χ1) is 11.1. The number of aryl methyl sites for hydroxylation is 2. The maximum Gasteiger partial charge on any atom is 0.187 e. The highest BCUT2D eigenvalue weighted by molar-refractivity contribution is 7.80. The summed E-state index contributed by atoms with van der Waals surface area (Å²) in [5.74, 6) is 0.840. The van der Waals surface area contributed by atoms with Crippen molar-refractivity contribution in [1.82, 2.24) is 10.7 Å². The minimum absolute atomic E-state index is 0.488. The van der Waals surface area contributed by atoms with E-state index in [0.717, 1.165) is 16.9 Å². The predicted octanol–water partition coefficient (Wildman–Crippen LogP) is 3.31. The minimum atomic E-state index is 0.488. The van der Waals surface area contributed by atoms with Gasteiger partial charge in [-0.1, -0.05) is 35.9 Å². The molecule has 0 aliphatic heterocycles. The van der Waals surface area contributed by atoms with E-state index in [1.165, 1.54) is 11.1 Å². The van der Waals surface area contributed by atoms with E-state index >= 15 is 0 Å². The Morgan fingerprint density at radius 1 is 1.17 bits per heavy atom. The summed E-state index contributed by atoms with van der Waals surface area (Å²) in [6.45, 7) is 4.75. The smallest absolute Gasteiger partial charge is 0.187 e. The van der Waals surface area contributed by atoms with Gasteiger partial charge >= 0.3 is 0 Å². The molecule has 5 heteroatoms. The van der Waals surface area contributed by atoms with E-state index in [0.29, 0.717) is 11.7 Å². The number of rotatable bonds is 5. The largest absolute Gasteiger partial charge is 0.497 e. The van der Waals surface area contributed by atoms with Crippen LogP contribution >= 0.6 is 12.2 Å². The van der Waals surface area contributed by atoms with Crippen LogP contribution in [0.3, 0.4) is 0 Å². The van der Waals surface area contributed by atoms with Crippen molar-refractivity contribution in [3.8, 4) is 5.75 Å². The van der Waals surface area contributed by atoms with Crippen molar-refractivity contribution in [2.45, 2.75) is 20.4 Å². The fourth-order valence-electron chi connectivity index (χ4n) is 2.02. The van der Waals surface area contributed by atoms with Gasteiger partial charge in [0, 0.05) is 6.54 Å². The lowest BCUT2D eigenvalue weighted by molar-refractivity contribution is 0.414. The summed E-state index contributed by atoms with van der Waals surface area (Å²) in [5.41, 5.74) is 7.42. The van der Waals surface area contributed by atoms with Crippen molar-refractivity contribution in [2.75, 3.05) is 7.11 Å². The van der Waals surface area contributed by atoms with Crippen molar-refractivity contribution in [3.05, 3.63) is 64.7 Å². The zero-order chi connectivity index (χ0) is 16.7. The molecule has 2 rings (SSSR count). The minimum Gasteiger partial charge on any atom is -0.497 e. The maximum absolute atomic E-state index is 5.22. The van der Waals surface area contributed by atoms with Gasteiger partial charge in [0.15, 0.2) is 5.11 Å². The van der Waals surface area contributed by atoms with E-state index in [1.807, 2.05) is 24.3 Å². The Labute approximate surface area is 142 Å². The molecule has 0 radical (unpaired) electrons. The van der Waals surface area contributed by atoms with Gasteiger partial charge in [0.2, 0.25) is 0 Å². The lowest BCUT2D eigenvalue weighted by Crippen LogP contribution is -2.31. The summed E-state index contributed by atoms with van der Waals surface area (Å²) in [7, 11) is 1.65. The number of benzene rings is 2. The fraction of sp³-hybridized carbons (Fsp3) is 0.222. The molecule has 0 unspecified atom stereocenters. The lowest BCUT2D eigenvalue weighted by Gasteiger charge is -2.08. The van der Waals surface area contributed by atoms with Crippen LogP contribution in [0.1, 0.15) is 22.3 Å². The van der Waals surface area contributed by atoms with Crippen LogP contribution in [0.5, 0.6) is 5.75 Å². The van der Waals surface area contributed by atoms with Gasteiger partial charge in [-0.2, -0.15) is 5.10 Å². The third-order valence-electron chi connectivity index (χ3n) is 3.42. The van der Waals surface area contributed by atoms with Crippen LogP contribution in [0.4, 0.5) is 0 Å². The number of hydrazone groups is 1. The van der Waals surface area contributed by atoms with Crippen molar-refractivity contribution in [1.29, 1.82) is 0 Å². The van der Waals surface area contributed by atoms with Gasteiger partial charge in [0.1, 0.15) is 5.75 Å². The fourth-order valence-corrected chi connectivity index (χ4v) is 2.15. The summed E-state index contributed by atoms with van der Waals surface area (Å²) >= 11 is 5.22. The molecule has 0 heterocycles. The number of thiocarbonyl (C=S) groups is 1. The predicted molar refractivity (Wildman–Crippen MR) is 99.1 cm³/mol. The van der Waals surface area contributed by atoms with Crippen LogP contribution in [0.2, 0.25) is 0 Å². The van der Waals surface area contributed by atoms with E-state index < -0.39 is 0 Å². The van der Waals surface area contributed by atoms with E-state index in [1.54, 1.807) is 13.3 Å². The number of hydrogen-bond donors (Lipinski definition) is 2. The summed E-state index contributed by atoms with van der Waals surface area (Å²) in [6, 6.07) is 14.1. The molecule has 0 saturated carbocycles. The zero-order valence-corrected chi connectivity index (χ0v) is 14.4. The molecule has 0 fully saturated rings. The number of nitrogens with one attached hydrogen (secondary N) is 2. The first-order valence-corrected chi connectivity index (χ1v) is 7.76. The Balaban J connectivity index is 1.82. The van der Waals surface area contributed by atoms with Crippen molar-refractivity contribution in [3.63, 3.8) is 0 Å². The molecule has 0 bridgehead atoms. The van der Waals surface area contributed by atoms with Crippen molar-refractivity contribution < 1.29 is 4.74 Å². The highest BCUT2D eigenvalue weighted by Gasteiger charge is 1.98. The van der Waals surface area contributed by atoms with Crippen LogP contribution in [0.15, 0.2) is 47.6 Å². The molecule has 120 valence electrons. The van der Waals surface area contributed by atoms with E-state index in [-0.39, 0.29) is 0 Å². The number of nitrogens with zero attached hydrogens (tertiary/aromatic N) is 1. The standard InChI is InChI=1S/C18H21N3OS/c1-13-4-5-14(2)16(10-13)12-20-21-18(23)19-11-15-6-8-17(22-3)9-7-15/h4-10,12H,11H2,1-3H3,(H2,19,21,23)/b20-12-. The van der Waals surface area contributed by atoms with Gasteiger partial charge in [0.05, 0.1) is 13.3 Å². The van der Waals surface area contributed by atoms with Crippen LogP contribution in [-0.4, -0.2) is 18.4 Å². The monoisotopic (exact) mass is 327 g/mol. The number of hydrogen-bond acceptors (Lipinski definition) is 3. The molecule has 2 aromatic rings. The van der Waals surface area contributed by atoms with Gasteiger partial charge in [0.25, 0.3) is 0 Å². The first-order valence-electron chi connectivity index (χ1n) is 7.35. The molecule has 2 N–H and O–H groups in total. The molecule has 0 spiro atoms. The van der Waals surface area contributed by atoms with E-state index in [2.05, 4.69) is 47.9 Å². The Morgan fingerprint density at radius 2 is 1.91 bits per heavy atom. The average molecular weight is 327 g/mol. The van der Waals surface area contributed by atoms with E-state index in [4.69, 9.17) is 17.0 Å². The molecule has 0 aliphatic carbocycles. The summed E-state index contributed by atoms with van der Waals surface area (Å²) < 4.78 is 5.13. The second-order valence-corrected chi connectivity index (χ2v) is 5.67. The molecule has 0 amide bonds. The summed E-state index contributed by atoms with van der Waals surface area (Å²) in [5, 5.41) is 7.79. The molecular formula is C18H21N3OS. The summed E-state index contributed by atoms with van der Waals surface area (Å²) in [6.07, 6.45) is 1.78. The topological polar surface area (TPSA) is 45.6 Å². The molecule has 4 nitrogen and oxygen atoms in total. The molecule has 23 heavy (non-hydrogen) atoms. The third-order valence-corrected chi connectivity index (χ3v) is 3.65. The van der Waals surface area contributed by atoms with Gasteiger partial charge in [-0.25, -0.2) is 0 Å². The SMILES string of the molecule is COc1ccc(CNC(=S)N/N=C\c2cc(C)ccc2C)cc1. The molecule has 0 aliphatic rings. The van der Waals surface area contributed by atoms with Gasteiger partial charge in [-0.05, 0) is 54.9 Å². The van der Waals surface area contributed by atoms with Crippen molar-refractivity contribution >= 4 is 23.5 Å². The molecule has 0 aromatic heterocycles. The van der Waals surface area contributed by atoms with Crippen LogP contribution < -0.4 is 15.5 Å². The highest BCUT2D eigenvalue weighted by Crippen LogP contribution is 2.11. The quantitative estimate of drug-likeness (QED) is 0.502. The Morgan fingerprint density at radius 3 is 2.61 bits per heavy atom. The Kier molecular flexibility index (Phi) is 6.11. The van der Waals surface area contributed by atoms with Gasteiger partial charge in [-0.15, -0.1) is 0 Å². The second-order valence-electron chi connectivity index (χ2n) is 5.26. The van der Waals surface area contributed by atoms with Crippen LogP contribution in [0, 0.1) is 13.8 Å². The van der Waals surface area contributed by atoms with E-state index in [9.17, 15) is 0 Å². The molecular weight excluding hydrogens is 306 g/mol. The Hall–Kier alpha value is -2.40. The molecule has 0 atom stereocenters. The second kappa shape index (κ2) is 8.29. The summed E-state index contributed by atoms with van der Waals surface area (Å²) in [4.78, 5) is 0. The maximum atomic E-state index is 5.22. The molecule has 2 aromatic carbocycles. The highest BCUT2D eigenvalue weighted by atomic mass is 32.1. The average Bonchev–Trinajstić information content (AvgIpc) is 2.56. The van der Waals surface area contributed by atoms with Gasteiger partial charge < -0.3 is 10.1 Å². The molecule has 0 saturated heterocycles. The lowest BCUT2D eigenvalue weighted by atomic mass is 10.1. The number of methoxy groups -OCH3 is 1.